The first kappa shape index (κ1) is 17.5. The molecule has 1 fully saturated rings. The summed E-state index contributed by atoms with van der Waals surface area (Å²) < 4.78 is 0. The molecule has 3 atom stereocenters. The Kier molecular flexibility index (Phi) is 5.01. The third kappa shape index (κ3) is 3.08. The van der Waals surface area contributed by atoms with Gasteiger partial charge >= 0.3 is 0 Å². The van der Waals surface area contributed by atoms with Gasteiger partial charge in [0.2, 0.25) is 0 Å². The summed E-state index contributed by atoms with van der Waals surface area (Å²) in [6, 6.07) is 0. The molecule has 22 heavy (non-hydrogen) atoms. The van der Waals surface area contributed by atoms with Gasteiger partial charge in [-0.3, -0.25) is 4.79 Å². The minimum absolute atomic E-state index is 0.0537. The molecule has 0 spiro atoms. The molecule has 0 aliphatic heterocycles. The number of carbonyl (C=O) groups is 1. The van der Waals surface area contributed by atoms with Gasteiger partial charge in [-0.15, -0.1) is 0 Å². The normalized spacial score (nSPS) is 42.1. The van der Waals surface area contributed by atoms with Crippen molar-refractivity contribution in [1.82, 2.24) is 0 Å². The van der Waals surface area contributed by atoms with Gasteiger partial charge in [0, 0.05) is 11.3 Å². The fourth-order valence-corrected chi connectivity index (χ4v) is 4.40. The van der Waals surface area contributed by atoms with Crippen LogP contribution in [-0.2, 0) is 4.79 Å². The highest BCUT2D eigenvalue weighted by atomic mass is 16.3. The second-order valence-electron chi connectivity index (χ2n) is 8.10. The van der Waals surface area contributed by atoms with E-state index in [0.29, 0.717) is 0 Å². The van der Waals surface area contributed by atoms with E-state index in [1.54, 1.807) is 0 Å². The summed E-state index contributed by atoms with van der Waals surface area (Å²) in [4.78, 5) is 12.9. The second-order valence-corrected chi connectivity index (χ2v) is 8.10. The largest absolute Gasteiger partial charge is 0.389 e. The Morgan fingerprint density at radius 2 is 1.86 bits per heavy atom. The molecular formula is C20H32O2. The van der Waals surface area contributed by atoms with E-state index < -0.39 is 11.0 Å². The fraction of sp³-hybridized carbons (Fsp3) is 0.750. The topological polar surface area (TPSA) is 37.3 Å². The first-order valence-electron chi connectivity index (χ1n) is 8.80. The van der Waals surface area contributed by atoms with E-state index >= 15 is 0 Å². The van der Waals surface area contributed by atoms with Gasteiger partial charge in [-0.1, -0.05) is 38.0 Å². The summed E-state index contributed by atoms with van der Waals surface area (Å²) in [5.41, 5.74) is 1.43. The Bertz CT molecular complexity index is 500. The number of carbonyl (C=O) groups excluding carboxylic acids is 1. The molecule has 1 N–H and O–H groups in total. The van der Waals surface area contributed by atoms with E-state index in [4.69, 9.17) is 0 Å². The number of allylic oxidation sites excluding steroid dienone is 4. The Hall–Kier alpha value is -0.890. The third-order valence-electron chi connectivity index (χ3n) is 6.22. The predicted molar refractivity (Wildman–Crippen MR) is 91.6 cm³/mol. The molecule has 0 heterocycles. The van der Waals surface area contributed by atoms with Crippen LogP contribution in [0.3, 0.4) is 0 Å². The number of fused-ring (bicyclic) bond motifs is 1. The van der Waals surface area contributed by atoms with Crippen LogP contribution in [0.1, 0.15) is 73.1 Å². The molecule has 124 valence electrons. The van der Waals surface area contributed by atoms with Crippen molar-refractivity contribution in [3.8, 4) is 0 Å². The van der Waals surface area contributed by atoms with Gasteiger partial charge in [-0.05, 0) is 64.4 Å². The van der Waals surface area contributed by atoms with Gasteiger partial charge < -0.3 is 5.11 Å². The van der Waals surface area contributed by atoms with Crippen LogP contribution in [0.4, 0.5) is 0 Å². The first-order chi connectivity index (χ1) is 10.2. The number of hydrogen-bond acceptors (Lipinski definition) is 2. The SMILES string of the molecule is C/C1=C/C(=O)[C@@]2(C)CC[C@@](O)(C(C)C)[C@@H]2CC/C(C)=C/CC1. The molecule has 1 saturated carbocycles. The van der Waals surface area contributed by atoms with Crippen molar-refractivity contribution < 1.29 is 9.90 Å². The lowest BCUT2D eigenvalue weighted by atomic mass is 9.67. The Balaban J connectivity index is 2.43. The molecule has 2 heteroatoms. The zero-order valence-corrected chi connectivity index (χ0v) is 14.9. The van der Waals surface area contributed by atoms with E-state index in [0.717, 1.165) is 44.1 Å². The second kappa shape index (κ2) is 6.31. The van der Waals surface area contributed by atoms with Crippen molar-refractivity contribution in [2.75, 3.05) is 0 Å². The zero-order valence-electron chi connectivity index (χ0n) is 14.9. The van der Waals surface area contributed by atoms with E-state index in [9.17, 15) is 9.90 Å². The Morgan fingerprint density at radius 1 is 1.18 bits per heavy atom. The van der Waals surface area contributed by atoms with Crippen molar-refractivity contribution in [2.24, 2.45) is 17.3 Å². The quantitative estimate of drug-likeness (QED) is 0.705. The van der Waals surface area contributed by atoms with E-state index in [1.165, 1.54) is 5.57 Å². The Morgan fingerprint density at radius 3 is 2.50 bits per heavy atom. The molecule has 0 bridgehead atoms. The van der Waals surface area contributed by atoms with E-state index in [2.05, 4.69) is 40.7 Å². The monoisotopic (exact) mass is 304 g/mol. The highest BCUT2D eigenvalue weighted by Gasteiger charge is 2.57. The minimum atomic E-state index is -0.708. The standard InChI is InChI=1S/C20H32O2/c1-14(2)20(22)12-11-19(5)17(20)10-9-15(3)7-6-8-16(4)13-18(19)21/h7,13-14,17,22H,6,8-12H2,1-5H3/b15-7+,16-13-/t17-,19+,20-/m1/s1. The summed E-state index contributed by atoms with van der Waals surface area (Å²) in [7, 11) is 0. The Labute approximate surface area is 135 Å². The van der Waals surface area contributed by atoms with Crippen molar-refractivity contribution in [1.29, 1.82) is 0 Å². The average molecular weight is 304 g/mol. The maximum atomic E-state index is 12.9. The summed E-state index contributed by atoms with van der Waals surface area (Å²) in [5.74, 6) is 0.468. The van der Waals surface area contributed by atoms with Gasteiger partial charge in [0.05, 0.1) is 5.60 Å². The van der Waals surface area contributed by atoms with Crippen LogP contribution in [0.25, 0.3) is 0 Å². The molecule has 2 rings (SSSR count). The smallest absolute Gasteiger partial charge is 0.161 e. The minimum Gasteiger partial charge on any atom is -0.389 e. The lowest BCUT2D eigenvalue weighted by Gasteiger charge is -2.40. The zero-order chi connectivity index (χ0) is 16.5. The van der Waals surface area contributed by atoms with Gasteiger partial charge in [-0.2, -0.15) is 0 Å². The molecule has 2 nitrogen and oxygen atoms in total. The molecule has 0 aromatic rings. The first-order valence-corrected chi connectivity index (χ1v) is 8.80. The number of rotatable bonds is 1. The fourth-order valence-electron chi connectivity index (χ4n) is 4.40. The molecule has 0 saturated heterocycles. The van der Waals surface area contributed by atoms with Gasteiger partial charge in [0.15, 0.2) is 5.78 Å². The summed E-state index contributed by atoms with van der Waals surface area (Å²) in [6.45, 7) is 10.5. The lowest BCUT2D eigenvalue weighted by Crippen LogP contribution is -2.45. The van der Waals surface area contributed by atoms with Gasteiger partial charge in [0.1, 0.15) is 0 Å². The highest BCUT2D eigenvalue weighted by molar-refractivity contribution is 5.95. The van der Waals surface area contributed by atoms with Crippen LogP contribution in [0.5, 0.6) is 0 Å². The summed E-state index contributed by atoms with van der Waals surface area (Å²) >= 11 is 0. The third-order valence-corrected chi connectivity index (χ3v) is 6.22. The maximum absolute atomic E-state index is 12.9. The molecule has 0 aromatic carbocycles. The molecular weight excluding hydrogens is 272 g/mol. The van der Waals surface area contributed by atoms with Crippen LogP contribution in [0.2, 0.25) is 0 Å². The van der Waals surface area contributed by atoms with Crippen molar-refractivity contribution in [3.05, 3.63) is 23.3 Å². The van der Waals surface area contributed by atoms with Crippen molar-refractivity contribution >= 4 is 5.78 Å². The van der Waals surface area contributed by atoms with Crippen LogP contribution in [-0.4, -0.2) is 16.5 Å². The molecule has 0 radical (unpaired) electrons. The summed E-state index contributed by atoms with van der Waals surface area (Å²) in [6.07, 6.45) is 9.57. The predicted octanol–water partition coefficient (Wildman–Crippen LogP) is 4.83. The van der Waals surface area contributed by atoms with E-state index in [1.807, 2.05) is 6.08 Å². The lowest BCUT2D eigenvalue weighted by molar-refractivity contribution is -0.130. The molecule has 2 aliphatic rings. The van der Waals surface area contributed by atoms with Crippen molar-refractivity contribution in [2.45, 2.75) is 78.7 Å². The average Bonchev–Trinajstić information content (AvgIpc) is 2.69. The molecule has 0 unspecified atom stereocenters. The number of aliphatic hydroxyl groups is 1. The van der Waals surface area contributed by atoms with Crippen LogP contribution in [0.15, 0.2) is 23.3 Å². The molecule has 2 aliphatic carbocycles. The van der Waals surface area contributed by atoms with Gasteiger partial charge in [-0.25, -0.2) is 0 Å². The van der Waals surface area contributed by atoms with Crippen molar-refractivity contribution in [3.63, 3.8) is 0 Å². The number of hydrogen-bond donors (Lipinski definition) is 1. The highest BCUT2D eigenvalue weighted by Crippen LogP contribution is 2.55. The van der Waals surface area contributed by atoms with Crippen LogP contribution < -0.4 is 0 Å². The van der Waals surface area contributed by atoms with Crippen LogP contribution >= 0.6 is 0 Å². The van der Waals surface area contributed by atoms with Crippen LogP contribution in [0, 0.1) is 17.3 Å². The van der Waals surface area contributed by atoms with E-state index in [-0.39, 0.29) is 17.6 Å². The van der Waals surface area contributed by atoms with Gasteiger partial charge in [0.25, 0.3) is 0 Å². The molecule has 0 amide bonds. The summed E-state index contributed by atoms with van der Waals surface area (Å²) in [5, 5.41) is 11.3. The molecule has 0 aromatic heterocycles. The number of ketones is 1. The maximum Gasteiger partial charge on any atom is 0.161 e.